The third kappa shape index (κ3) is 5.80. The Morgan fingerprint density at radius 2 is 1.78 bits per heavy atom. The van der Waals surface area contributed by atoms with Crippen molar-refractivity contribution < 1.29 is 17.3 Å². The molecule has 4 aromatic rings. The maximum Gasteiger partial charge on any atom is 0.332 e. The molecule has 0 saturated heterocycles. The predicted molar refractivity (Wildman–Crippen MR) is 147 cm³/mol. The highest BCUT2D eigenvalue weighted by Gasteiger charge is 2.21. The average Bonchev–Trinajstić information content (AvgIpc) is 3.26. The van der Waals surface area contributed by atoms with Crippen molar-refractivity contribution in [3.8, 4) is 22.8 Å². The lowest BCUT2D eigenvalue weighted by atomic mass is 9.95. The summed E-state index contributed by atoms with van der Waals surface area (Å²) in [6, 6.07) is 18.9. The molecule has 2 aromatic heterocycles. The standard InChI is InChI=1S/C29H31N3O4S/c1-21-15-17-32-27(19-21)31-28(29(32)30-24-11-7-4-8-12-24)23-13-14-25(26(20-23)35-2)36-37(33,34)18-16-22-9-5-3-6-10-22/h3,5-6,9-10,13-20,24,30H,4,7-8,11-12H2,1-2H3. The number of rotatable bonds is 8. The van der Waals surface area contributed by atoms with E-state index in [1.54, 1.807) is 12.1 Å². The number of ether oxygens (including phenoxy) is 1. The maximum absolute atomic E-state index is 12.6. The van der Waals surface area contributed by atoms with Crippen LogP contribution in [0.25, 0.3) is 23.0 Å². The zero-order valence-corrected chi connectivity index (χ0v) is 21.9. The summed E-state index contributed by atoms with van der Waals surface area (Å²) >= 11 is 0. The van der Waals surface area contributed by atoms with Crippen molar-refractivity contribution in [3.63, 3.8) is 0 Å². The van der Waals surface area contributed by atoms with E-state index in [1.807, 2.05) is 49.5 Å². The van der Waals surface area contributed by atoms with Gasteiger partial charge in [-0.2, -0.15) is 8.42 Å². The number of nitrogens with zero attached hydrogens (tertiary/aromatic N) is 2. The SMILES string of the molecule is COc1cc(-c2nc3cc(C)ccn3c2NC2CCCCC2)ccc1OS(=O)(=O)C=Cc1ccccc1. The van der Waals surface area contributed by atoms with E-state index in [0.29, 0.717) is 11.8 Å². The van der Waals surface area contributed by atoms with Gasteiger partial charge in [0, 0.05) is 17.8 Å². The Balaban J connectivity index is 1.47. The molecule has 0 amide bonds. The summed E-state index contributed by atoms with van der Waals surface area (Å²) in [7, 11) is -2.50. The van der Waals surface area contributed by atoms with Gasteiger partial charge in [-0.3, -0.25) is 4.40 Å². The first kappa shape index (κ1) is 24.9. The lowest BCUT2D eigenvalue weighted by molar-refractivity contribution is 0.392. The second kappa shape index (κ2) is 10.7. The van der Waals surface area contributed by atoms with Crippen LogP contribution in [0, 0.1) is 6.92 Å². The number of nitrogens with one attached hydrogen (secondary N) is 1. The van der Waals surface area contributed by atoms with E-state index >= 15 is 0 Å². The van der Waals surface area contributed by atoms with E-state index in [1.165, 1.54) is 32.4 Å². The van der Waals surface area contributed by atoms with Crippen LogP contribution in [0.15, 0.2) is 72.3 Å². The molecule has 1 N–H and O–H groups in total. The topological polar surface area (TPSA) is 81.9 Å². The highest BCUT2D eigenvalue weighted by molar-refractivity contribution is 7.90. The van der Waals surface area contributed by atoms with Crippen LogP contribution in [0.1, 0.15) is 43.2 Å². The lowest BCUT2D eigenvalue weighted by Gasteiger charge is -2.24. The Morgan fingerprint density at radius 1 is 1.00 bits per heavy atom. The summed E-state index contributed by atoms with van der Waals surface area (Å²) < 4.78 is 38.3. The Hall–Kier alpha value is -3.78. The summed E-state index contributed by atoms with van der Waals surface area (Å²) in [5.74, 6) is 1.35. The molecule has 0 radical (unpaired) electrons. The third-order valence-corrected chi connectivity index (χ3v) is 7.48. The molecular formula is C29H31N3O4S. The molecule has 0 unspecified atom stereocenters. The molecule has 1 fully saturated rings. The van der Waals surface area contributed by atoms with Gasteiger partial charge in [-0.25, -0.2) is 4.98 Å². The quantitative estimate of drug-likeness (QED) is 0.271. The number of methoxy groups -OCH3 is 1. The van der Waals surface area contributed by atoms with Gasteiger partial charge in [0.25, 0.3) is 0 Å². The first-order valence-electron chi connectivity index (χ1n) is 12.5. The van der Waals surface area contributed by atoms with Gasteiger partial charge in [-0.05, 0) is 67.3 Å². The minimum absolute atomic E-state index is 0.116. The fraction of sp³-hybridized carbons (Fsp3) is 0.276. The minimum atomic E-state index is -3.99. The number of aryl methyl sites for hydroxylation is 1. The second-order valence-electron chi connectivity index (χ2n) is 9.38. The molecule has 0 bridgehead atoms. The number of anilines is 1. The fourth-order valence-electron chi connectivity index (χ4n) is 4.69. The number of hydrogen-bond donors (Lipinski definition) is 1. The van der Waals surface area contributed by atoms with Crippen molar-refractivity contribution in [2.45, 2.75) is 45.1 Å². The van der Waals surface area contributed by atoms with Gasteiger partial charge < -0.3 is 14.2 Å². The molecular weight excluding hydrogens is 486 g/mol. The van der Waals surface area contributed by atoms with Gasteiger partial charge in [-0.15, -0.1) is 0 Å². The van der Waals surface area contributed by atoms with Crippen LogP contribution >= 0.6 is 0 Å². The first-order valence-corrected chi connectivity index (χ1v) is 14.0. The zero-order chi connectivity index (χ0) is 25.8. The number of imidazole rings is 1. The van der Waals surface area contributed by atoms with E-state index in [0.717, 1.165) is 52.1 Å². The number of fused-ring (bicyclic) bond motifs is 1. The van der Waals surface area contributed by atoms with Crippen LogP contribution in [0.4, 0.5) is 5.82 Å². The van der Waals surface area contributed by atoms with Crippen molar-refractivity contribution >= 4 is 27.7 Å². The molecule has 0 atom stereocenters. The second-order valence-corrected chi connectivity index (χ2v) is 10.8. The Bertz CT molecular complexity index is 1520. The molecule has 0 aliphatic heterocycles. The molecule has 1 aliphatic carbocycles. The first-order chi connectivity index (χ1) is 17.9. The van der Waals surface area contributed by atoms with Gasteiger partial charge in [-0.1, -0.05) is 49.6 Å². The van der Waals surface area contributed by atoms with Crippen LogP contribution in [-0.4, -0.2) is 31.0 Å². The minimum Gasteiger partial charge on any atom is -0.493 e. The van der Waals surface area contributed by atoms with Gasteiger partial charge in [0.05, 0.1) is 12.5 Å². The van der Waals surface area contributed by atoms with Gasteiger partial charge >= 0.3 is 10.1 Å². The van der Waals surface area contributed by atoms with Crippen molar-refractivity contribution in [1.82, 2.24) is 9.38 Å². The number of pyridine rings is 1. The summed E-state index contributed by atoms with van der Waals surface area (Å²) in [5, 5.41) is 4.78. The Labute approximate surface area is 217 Å². The lowest BCUT2D eigenvalue weighted by Crippen LogP contribution is -2.23. The van der Waals surface area contributed by atoms with Gasteiger partial charge in [0.2, 0.25) is 0 Å². The highest BCUT2D eigenvalue weighted by Crippen LogP contribution is 2.37. The number of aromatic nitrogens is 2. The summed E-state index contributed by atoms with van der Waals surface area (Å²) in [6.07, 6.45) is 9.50. The number of hydrogen-bond acceptors (Lipinski definition) is 6. The van der Waals surface area contributed by atoms with E-state index in [-0.39, 0.29) is 5.75 Å². The van der Waals surface area contributed by atoms with Crippen molar-refractivity contribution in [2.24, 2.45) is 0 Å². The van der Waals surface area contributed by atoms with Crippen LogP contribution < -0.4 is 14.2 Å². The highest BCUT2D eigenvalue weighted by atomic mass is 32.2. The molecule has 1 saturated carbocycles. The van der Waals surface area contributed by atoms with E-state index in [4.69, 9.17) is 13.9 Å². The Morgan fingerprint density at radius 3 is 2.54 bits per heavy atom. The molecule has 8 heteroatoms. The maximum atomic E-state index is 12.6. The van der Waals surface area contributed by atoms with Crippen molar-refractivity contribution in [1.29, 1.82) is 0 Å². The van der Waals surface area contributed by atoms with E-state index < -0.39 is 10.1 Å². The summed E-state index contributed by atoms with van der Waals surface area (Å²) in [4.78, 5) is 4.93. The van der Waals surface area contributed by atoms with Crippen molar-refractivity contribution in [2.75, 3.05) is 12.4 Å². The van der Waals surface area contributed by atoms with Gasteiger partial charge in [0.15, 0.2) is 11.5 Å². The molecule has 0 spiro atoms. The average molecular weight is 518 g/mol. The van der Waals surface area contributed by atoms with Crippen LogP contribution in [0.2, 0.25) is 0 Å². The molecule has 2 heterocycles. The summed E-state index contributed by atoms with van der Waals surface area (Å²) in [5.41, 5.74) is 4.33. The smallest absolute Gasteiger partial charge is 0.332 e. The van der Waals surface area contributed by atoms with E-state index in [2.05, 4.69) is 21.9 Å². The van der Waals surface area contributed by atoms with Crippen LogP contribution in [-0.2, 0) is 10.1 Å². The summed E-state index contributed by atoms with van der Waals surface area (Å²) in [6.45, 7) is 2.05. The molecule has 2 aromatic carbocycles. The van der Waals surface area contributed by atoms with Gasteiger partial charge in [0.1, 0.15) is 17.2 Å². The molecule has 192 valence electrons. The van der Waals surface area contributed by atoms with Crippen LogP contribution in [0.5, 0.6) is 11.5 Å². The molecule has 5 rings (SSSR count). The zero-order valence-electron chi connectivity index (χ0n) is 21.1. The number of benzene rings is 2. The Kier molecular flexibility index (Phi) is 7.19. The predicted octanol–water partition coefficient (Wildman–Crippen LogP) is 6.44. The molecule has 1 aliphatic rings. The monoisotopic (exact) mass is 517 g/mol. The molecule has 37 heavy (non-hydrogen) atoms. The fourth-order valence-corrected chi connectivity index (χ4v) is 5.46. The largest absolute Gasteiger partial charge is 0.493 e. The van der Waals surface area contributed by atoms with Crippen molar-refractivity contribution in [3.05, 3.63) is 83.4 Å². The van der Waals surface area contributed by atoms with Crippen LogP contribution in [0.3, 0.4) is 0 Å². The normalized spacial score (nSPS) is 14.8. The third-order valence-electron chi connectivity index (χ3n) is 6.60. The molecule has 7 nitrogen and oxygen atoms in total. The van der Waals surface area contributed by atoms with E-state index in [9.17, 15) is 8.42 Å².